The standard InChI is InChI=1S/C85H156N2O10/c1-11-17-35-48-75(49-36-18-12-2)58-67-94-80(90)54-41-29-23-26-32-44-61-86(62-45-33-27-24-30-42-55-81(91)95-68-59-76(50-37-19-13-3)51-38-20-14-4)65-57-83(93)97-78-71-73(7)70-74(8)84(78)85(9,10)72-79(89)87(64-47-66-88)63-46-34-28-25-31-43-56-82(92)96-69-60-77(52-39-21-15-5)53-40-22-16-6/h70-71,75-77,88H,11-69,72H2,1-10H3. The molecular formula is C85H156N2O10. The number of hydrogen-bond donors (Lipinski definition) is 1. The van der Waals surface area contributed by atoms with Gasteiger partial charge in [-0.2, -0.15) is 0 Å². The molecule has 1 N–H and O–H groups in total. The van der Waals surface area contributed by atoms with E-state index in [-0.39, 0.29) is 49.2 Å². The fourth-order valence-corrected chi connectivity index (χ4v) is 14.4. The van der Waals surface area contributed by atoms with Crippen molar-refractivity contribution in [3.05, 3.63) is 28.8 Å². The molecule has 1 rings (SSSR count). The molecule has 97 heavy (non-hydrogen) atoms. The van der Waals surface area contributed by atoms with Gasteiger partial charge in [0, 0.05) is 62.9 Å². The second-order valence-electron chi connectivity index (χ2n) is 30.3. The molecule has 0 saturated carbocycles. The van der Waals surface area contributed by atoms with Crippen LogP contribution in [0.15, 0.2) is 12.1 Å². The van der Waals surface area contributed by atoms with Crippen LogP contribution in [0.4, 0.5) is 0 Å². The van der Waals surface area contributed by atoms with Crippen LogP contribution in [0.5, 0.6) is 5.75 Å². The van der Waals surface area contributed by atoms with Gasteiger partial charge in [-0.1, -0.05) is 293 Å². The quantitative estimate of drug-likeness (QED) is 0.0287. The lowest BCUT2D eigenvalue weighted by atomic mass is 9.77. The van der Waals surface area contributed by atoms with Gasteiger partial charge >= 0.3 is 23.9 Å². The van der Waals surface area contributed by atoms with Crippen LogP contribution >= 0.6 is 0 Å². The molecule has 12 heteroatoms. The zero-order valence-corrected chi connectivity index (χ0v) is 65.3. The maximum Gasteiger partial charge on any atom is 0.312 e. The van der Waals surface area contributed by atoms with E-state index in [1.165, 1.54) is 154 Å². The van der Waals surface area contributed by atoms with Crippen LogP contribution < -0.4 is 4.74 Å². The van der Waals surface area contributed by atoms with E-state index in [9.17, 15) is 29.1 Å². The topological polar surface area (TPSA) is 149 Å². The molecule has 0 aliphatic heterocycles. The summed E-state index contributed by atoms with van der Waals surface area (Å²) in [7, 11) is 0. The predicted molar refractivity (Wildman–Crippen MR) is 408 cm³/mol. The summed E-state index contributed by atoms with van der Waals surface area (Å²) >= 11 is 0. The van der Waals surface area contributed by atoms with E-state index in [1.807, 2.05) is 24.8 Å². The van der Waals surface area contributed by atoms with E-state index in [0.717, 1.165) is 165 Å². The molecular weight excluding hydrogens is 1210 g/mol. The third-order valence-corrected chi connectivity index (χ3v) is 20.4. The molecule has 566 valence electrons. The van der Waals surface area contributed by atoms with Crippen molar-refractivity contribution in [1.82, 2.24) is 9.80 Å². The summed E-state index contributed by atoms with van der Waals surface area (Å²) in [5.41, 5.74) is 2.23. The van der Waals surface area contributed by atoms with Crippen molar-refractivity contribution in [3.63, 3.8) is 0 Å². The number of unbranched alkanes of at least 4 members (excludes halogenated alkanes) is 27. The molecule has 1 aromatic carbocycles. The van der Waals surface area contributed by atoms with Crippen molar-refractivity contribution in [3.8, 4) is 5.75 Å². The highest BCUT2D eigenvalue weighted by Gasteiger charge is 2.32. The molecule has 1 amide bonds. The molecule has 1 aromatic rings. The largest absolute Gasteiger partial charge is 0.466 e. The van der Waals surface area contributed by atoms with E-state index >= 15 is 0 Å². The van der Waals surface area contributed by atoms with Gasteiger partial charge in [-0.25, -0.2) is 0 Å². The molecule has 0 radical (unpaired) electrons. The molecule has 0 bridgehead atoms. The maximum absolute atomic E-state index is 14.3. The van der Waals surface area contributed by atoms with Crippen molar-refractivity contribution in [1.29, 1.82) is 0 Å². The third-order valence-electron chi connectivity index (χ3n) is 20.4. The van der Waals surface area contributed by atoms with Crippen molar-refractivity contribution < 1.29 is 48.0 Å². The Hall–Kier alpha value is -3.51. The van der Waals surface area contributed by atoms with Crippen LogP contribution in [0.2, 0.25) is 0 Å². The number of rotatable bonds is 70. The van der Waals surface area contributed by atoms with E-state index in [2.05, 4.69) is 66.4 Å². The summed E-state index contributed by atoms with van der Waals surface area (Å²) < 4.78 is 23.5. The van der Waals surface area contributed by atoms with Gasteiger partial charge < -0.3 is 33.9 Å². The summed E-state index contributed by atoms with van der Waals surface area (Å²) in [4.78, 5) is 70.6. The molecule has 0 saturated heterocycles. The second-order valence-corrected chi connectivity index (χ2v) is 30.3. The molecule has 0 heterocycles. The highest BCUT2D eigenvalue weighted by molar-refractivity contribution is 5.79. The minimum atomic E-state index is -0.637. The fourth-order valence-electron chi connectivity index (χ4n) is 14.4. The summed E-state index contributed by atoms with van der Waals surface area (Å²) in [6.07, 6.45) is 53.9. The Morgan fingerprint density at radius 1 is 0.381 bits per heavy atom. The van der Waals surface area contributed by atoms with Gasteiger partial charge in [0.15, 0.2) is 0 Å². The van der Waals surface area contributed by atoms with E-state index in [4.69, 9.17) is 18.9 Å². The minimum Gasteiger partial charge on any atom is -0.466 e. The van der Waals surface area contributed by atoms with Crippen LogP contribution in [0.3, 0.4) is 0 Å². The van der Waals surface area contributed by atoms with Gasteiger partial charge in [-0.3, -0.25) is 24.0 Å². The monoisotopic (exact) mass is 1370 g/mol. The zero-order chi connectivity index (χ0) is 71.3. The Morgan fingerprint density at radius 2 is 0.711 bits per heavy atom. The van der Waals surface area contributed by atoms with Crippen molar-refractivity contribution in [2.75, 3.05) is 59.2 Å². The average Bonchev–Trinajstić information content (AvgIpc) is 0.789. The number of carbonyl (C=O) groups is 5. The number of aliphatic hydroxyl groups is 1. The van der Waals surface area contributed by atoms with Crippen LogP contribution in [-0.4, -0.2) is 104 Å². The SMILES string of the molecule is CCCCCC(CCCCC)CCOC(=O)CCCCCCCCN(CCCCCCCCC(=O)OCCC(CCCCC)CCCCC)CCC(=O)Oc1cc(C)cc(C)c1C(C)(C)CC(=O)N(CCCO)CCCCCCCCC(=O)OCCC(CCCCC)CCCCC. The lowest BCUT2D eigenvalue weighted by Gasteiger charge is -2.32. The second kappa shape index (κ2) is 63.4. The lowest BCUT2D eigenvalue weighted by molar-refractivity contribution is -0.145. The number of esters is 4. The Bertz CT molecular complexity index is 1970. The van der Waals surface area contributed by atoms with Gasteiger partial charge in [-0.15, -0.1) is 0 Å². The van der Waals surface area contributed by atoms with Crippen molar-refractivity contribution in [2.24, 2.45) is 17.8 Å². The molecule has 12 nitrogen and oxygen atoms in total. The summed E-state index contributed by atoms with van der Waals surface area (Å²) in [5.74, 6) is 2.11. The number of amides is 1. The third kappa shape index (κ3) is 51.3. The first-order valence-electron chi connectivity index (χ1n) is 41.5. The average molecular weight is 1370 g/mol. The van der Waals surface area contributed by atoms with E-state index in [0.29, 0.717) is 88.6 Å². The molecule has 0 aliphatic carbocycles. The van der Waals surface area contributed by atoms with Gasteiger partial charge in [0.1, 0.15) is 5.75 Å². The molecule has 0 unspecified atom stereocenters. The van der Waals surface area contributed by atoms with Crippen LogP contribution in [0.25, 0.3) is 0 Å². The normalized spacial score (nSPS) is 11.8. The Balaban J connectivity index is 2.86. The Morgan fingerprint density at radius 3 is 1.06 bits per heavy atom. The Kier molecular flexibility index (Phi) is 59.8. The van der Waals surface area contributed by atoms with E-state index in [1.54, 1.807) is 0 Å². The summed E-state index contributed by atoms with van der Waals surface area (Å²) in [6, 6.07) is 4.06. The lowest BCUT2D eigenvalue weighted by Crippen LogP contribution is -2.37. The summed E-state index contributed by atoms with van der Waals surface area (Å²) in [5, 5.41) is 9.84. The molecule has 0 spiro atoms. The first-order valence-corrected chi connectivity index (χ1v) is 41.5. The number of nitrogens with zero attached hydrogens (tertiary/aromatic N) is 2. The molecule has 0 fully saturated rings. The maximum atomic E-state index is 14.3. The first-order chi connectivity index (χ1) is 47.1. The number of hydrogen-bond acceptors (Lipinski definition) is 11. The number of aryl methyl sites for hydroxylation is 2. The van der Waals surface area contributed by atoms with Gasteiger partial charge in [-0.05, 0) is 126 Å². The summed E-state index contributed by atoms with van der Waals surface area (Å²) in [6.45, 7) is 26.9. The zero-order valence-electron chi connectivity index (χ0n) is 65.3. The number of carbonyl (C=O) groups excluding carboxylic acids is 5. The van der Waals surface area contributed by atoms with E-state index < -0.39 is 5.41 Å². The highest BCUT2D eigenvalue weighted by atomic mass is 16.5. The molecule has 0 aliphatic rings. The van der Waals surface area contributed by atoms with Crippen molar-refractivity contribution in [2.45, 2.75) is 402 Å². The Labute approximate surface area is 598 Å². The van der Waals surface area contributed by atoms with Gasteiger partial charge in [0.2, 0.25) is 5.91 Å². The smallest absolute Gasteiger partial charge is 0.312 e. The van der Waals surface area contributed by atoms with Crippen LogP contribution in [0.1, 0.15) is 400 Å². The highest BCUT2D eigenvalue weighted by Crippen LogP contribution is 2.39. The van der Waals surface area contributed by atoms with Gasteiger partial charge in [0.05, 0.1) is 26.2 Å². The number of benzene rings is 1. The van der Waals surface area contributed by atoms with Crippen molar-refractivity contribution >= 4 is 29.8 Å². The number of ether oxygens (including phenoxy) is 4. The predicted octanol–water partition coefficient (Wildman–Crippen LogP) is 23.1. The van der Waals surface area contributed by atoms with Crippen LogP contribution in [-0.2, 0) is 43.6 Å². The first kappa shape index (κ1) is 91.5. The van der Waals surface area contributed by atoms with Crippen LogP contribution in [0, 0.1) is 31.6 Å². The fraction of sp³-hybridized carbons (Fsp3) is 0.871. The molecule has 0 atom stereocenters. The minimum absolute atomic E-state index is 0.0162. The van der Waals surface area contributed by atoms with Gasteiger partial charge in [0.25, 0.3) is 0 Å². The number of aliphatic hydroxyl groups excluding tert-OH is 1. The molecule has 0 aromatic heterocycles.